The van der Waals surface area contributed by atoms with E-state index in [1.807, 2.05) is 0 Å². The summed E-state index contributed by atoms with van der Waals surface area (Å²) in [7, 11) is 1.55. The second-order valence-electron chi connectivity index (χ2n) is 6.95. The molecule has 1 saturated carbocycles. The lowest BCUT2D eigenvalue weighted by atomic mass is 9.63. The maximum atomic E-state index is 12.7. The van der Waals surface area contributed by atoms with Crippen LogP contribution in [0.5, 0.6) is 0 Å². The summed E-state index contributed by atoms with van der Waals surface area (Å²) in [6.45, 7) is 0. The molecule has 1 heterocycles. The van der Waals surface area contributed by atoms with E-state index in [0.717, 1.165) is 32.1 Å². The van der Waals surface area contributed by atoms with Gasteiger partial charge in [-0.2, -0.15) is 0 Å². The van der Waals surface area contributed by atoms with Crippen LogP contribution in [0.4, 0.5) is 0 Å². The lowest BCUT2D eigenvalue weighted by Gasteiger charge is -2.40. The Kier molecular flexibility index (Phi) is 3.24. The zero-order valence-electron chi connectivity index (χ0n) is 13.2. The standard InChI is InChI=1S/C19H23NO2/c1-22-18(21)19-10-6-2-3-7-13(19)11-17-15(12-19)14-8-4-5-9-16(14)20-17/h4-5,8-9,13,20H,2-3,6-7,10-12H2,1H3/t13-,19+/m0/s1. The number of carbonyl (C=O) groups is 1. The first-order valence-corrected chi connectivity index (χ1v) is 8.41. The molecule has 3 nitrogen and oxygen atoms in total. The van der Waals surface area contributed by atoms with Gasteiger partial charge in [-0.1, -0.05) is 37.5 Å². The molecule has 22 heavy (non-hydrogen) atoms. The molecule has 0 radical (unpaired) electrons. The molecule has 0 spiro atoms. The molecule has 116 valence electrons. The number of carbonyl (C=O) groups excluding carboxylic acids is 1. The van der Waals surface area contributed by atoms with Gasteiger partial charge >= 0.3 is 5.97 Å². The number of ether oxygens (including phenoxy) is 1. The van der Waals surface area contributed by atoms with Gasteiger partial charge in [0.1, 0.15) is 0 Å². The van der Waals surface area contributed by atoms with Crippen molar-refractivity contribution in [3.63, 3.8) is 0 Å². The van der Waals surface area contributed by atoms with E-state index in [9.17, 15) is 4.79 Å². The van der Waals surface area contributed by atoms with Gasteiger partial charge in [-0.15, -0.1) is 0 Å². The van der Waals surface area contributed by atoms with Crippen molar-refractivity contribution in [2.45, 2.75) is 44.9 Å². The quantitative estimate of drug-likeness (QED) is 0.808. The fourth-order valence-electron chi connectivity index (χ4n) is 4.76. The van der Waals surface area contributed by atoms with Crippen molar-refractivity contribution in [3.8, 4) is 0 Å². The Labute approximate surface area is 131 Å². The molecule has 2 aliphatic carbocycles. The molecule has 2 aliphatic rings. The second-order valence-corrected chi connectivity index (χ2v) is 6.95. The molecule has 0 aliphatic heterocycles. The van der Waals surface area contributed by atoms with Gasteiger partial charge in [0.05, 0.1) is 12.5 Å². The van der Waals surface area contributed by atoms with Gasteiger partial charge in [-0.25, -0.2) is 0 Å². The third kappa shape index (κ3) is 1.91. The SMILES string of the molecule is COC(=O)[C@@]12CCCCC[C@H]1Cc1[nH]c3ccccc3c1C2. The molecular weight excluding hydrogens is 274 g/mol. The van der Waals surface area contributed by atoms with Crippen LogP contribution in [0.2, 0.25) is 0 Å². The molecule has 0 amide bonds. The molecule has 3 heteroatoms. The molecule has 4 rings (SSSR count). The van der Waals surface area contributed by atoms with Gasteiger partial charge in [-0.05, 0) is 43.2 Å². The number of para-hydroxylation sites is 1. The zero-order valence-corrected chi connectivity index (χ0v) is 13.2. The van der Waals surface area contributed by atoms with Crippen molar-refractivity contribution in [1.82, 2.24) is 4.98 Å². The van der Waals surface area contributed by atoms with Crippen molar-refractivity contribution >= 4 is 16.9 Å². The van der Waals surface area contributed by atoms with E-state index in [1.165, 1.54) is 35.0 Å². The third-order valence-corrected chi connectivity index (χ3v) is 5.89. The van der Waals surface area contributed by atoms with E-state index in [4.69, 9.17) is 4.74 Å². The highest BCUT2D eigenvalue weighted by Gasteiger charge is 2.50. The van der Waals surface area contributed by atoms with Gasteiger partial charge in [0.2, 0.25) is 0 Å². The number of aromatic nitrogens is 1. The average molecular weight is 297 g/mol. The Morgan fingerprint density at radius 2 is 2.14 bits per heavy atom. The van der Waals surface area contributed by atoms with Gasteiger partial charge in [0.15, 0.2) is 0 Å². The topological polar surface area (TPSA) is 42.1 Å². The van der Waals surface area contributed by atoms with E-state index in [1.54, 1.807) is 7.11 Å². The predicted octanol–water partition coefficient (Wildman–Crippen LogP) is 4.01. The molecular formula is C19H23NO2. The molecule has 1 aromatic heterocycles. The number of hydrogen-bond donors (Lipinski definition) is 1. The summed E-state index contributed by atoms with van der Waals surface area (Å²) in [5, 5.41) is 1.28. The first-order chi connectivity index (χ1) is 10.7. The minimum atomic E-state index is -0.302. The third-order valence-electron chi connectivity index (χ3n) is 5.89. The first kappa shape index (κ1) is 13.9. The van der Waals surface area contributed by atoms with Gasteiger partial charge < -0.3 is 9.72 Å². The number of rotatable bonds is 1. The number of benzene rings is 1. The van der Waals surface area contributed by atoms with Crippen LogP contribution in [0, 0.1) is 11.3 Å². The van der Waals surface area contributed by atoms with Gasteiger partial charge in [0.25, 0.3) is 0 Å². The number of hydrogen-bond acceptors (Lipinski definition) is 2. The largest absolute Gasteiger partial charge is 0.469 e. The summed E-state index contributed by atoms with van der Waals surface area (Å²) in [6, 6.07) is 8.46. The smallest absolute Gasteiger partial charge is 0.312 e. The van der Waals surface area contributed by atoms with E-state index >= 15 is 0 Å². The monoisotopic (exact) mass is 297 g/mol. The molecule has 0 bridgehead atoms. The van der Waals surface area contributed by atoms with Crippen molar-refractivity contribution in [1.29, 1.82) is 0 Å². The predicted molar refractivity (Wildman–Crippen MR) is 86.7 cm³/mol. The average Bonchev–Trinajstić information content (AvgIpc) is 2.76. The van der Waals surface area contributed by atoms with Crippen LogP contribution in [-0.4, -0.2) is 18.1 Å². The number of aromatic amines is 1. The summed E-state index contributed by atoms with van der Waals surface area (Å²) in [5.41, 5.74) is 3.58. The van der Waals surface area contributed by atoms with Crippen LogP contribution in [0.3, 0.4) is 0 Å². The number of methoxy groups -OCH3 is 1. The maximum absolute atomic E-state index is 12.7. The number of nitrogens with one attached hydrogen (secondary N) is 1. The minimum absolute atomic E-state index is 0.00957. The van der Waals surface area contributed by atoms with Crippen molar-refractivity contribution in [3.05, 3.63) is 35.5 Å². The second kappa shape index (κ2) is 5.15. The molecule has 2 atom stereocenters. The van der Waals surface area contributed by atoms with Crippen molar-refractivity contribution < 1.29 is 9.53 Å². The fraction of sp³-hybridized carbons (Fsp3) is 0.526. The highest BCUT2D eigenvalue weighted by molar-refractivity contribution is 5.87. The Morgan fingerprint density at radius 1 is 1.27 bits per heavy atom. The fourth-order valence-corrected chi connectivity index (χ4v) is 4.76. The lowest BCUT2D eigenvalue weighted by Crippen LogP contribution is -2.44. The normalized spacial score (nSPS) is 27.8. The van der Waals surface area contributed by atoms with Crippen LogP contribution in [-0.2, 0) is 22.4 Å². The summed E-state index contributed by atoms with van der Waals surface area (Å²) in [4.78, 5) is 16.3. The van der Waals surface area contributed by atoms with Gasteiger partial charge in [-0.3, -0.25) is 4.79 Å². The van der Waals surface area contributed by atoms with E-state index in [0.29, 0.717) is 5.92 Å². The van der Waals surface area contributed by atoms with E-state index in [2.05, 4.69) is 29.2 Å². The Bertz CT molecular complexity index is 717. The Hall–Kier alpha value is -1.77. The van der Waals surface area contributed by atoms with Crippen LogP contribution < -0.4 is 0 Å². The molecule has 1 fully saturated rings. The molecule has 1 aromatic carbocycles. The van der Waals surface area contributed by atoms with E-state index in [-0.39, 0.29) is 11.4 Å². The summed E-state index contributed by atoms with van der Waals surface area (Å²) >= 11 is 0. The lowest BCUT2D eigenvalue weighted by molar-refractivity contribution is -0.157. The van der Waals surface area contributed by atoms with Crippen LogP contribution >= 0.6 is 0 Å². The van der Waals surface area contributed by atoms with Gasteiger partial charge in [0, 0.05) is 16.6 Å². The first-order valence-electron chi connectivity index (χ1n) is 8.41. The molecule has 0 saturated heterocycles. The minimum Gasteiger partial charge on any atom is -0.469 e. The number of fused-ring (bicyclic) bond motifs is 4. The highest BCUT2D eigenvalue weighted by Crippen LogP contribution is 2.50. The summed E-state index contributed by atoms with van der Waals surface area (Å²) in [5.74, 6) is 0.429. The molecule has 0 unspecified atom stereocenters. The van der Waals surface area contributed by atoms with Crippen LogP contribution in [0.15, 0.2) is 24.3 Å². The van der Waals surface area contributed by atoms with Crippen molar-refractivity contribution in [2.75, 3.05) is 7.11 Å². The summed E-state index contributed by atoms with van der Waals surface area (Å²) < 4.78 is 5.26. The maximum Gasteiger partial charge on any atom is 0.312 e. The number of esters is 1. The van der Waals surface area contributed by atoms with Crippen molar-refractivity contribution in [2.24, 2.45) is 11.3 Å². The summed E-state index contributed by atoms with van der Waals surface area (Å²) in [6.07, 6.45) is 7.56. The van der Waals surface area contributed by atoms with E-state index < -0.39 is 0 Å². The highest BCUT2D eigenvalue weighted by atomic mass is 16.5. The zero-order chi connectivity index (χ0) is 15.2. The van der Waals surface area contributed by atoms with Crippen LogP contribution in [0.25, 0.3) is 10.9 Å². The molecule has 1 N–H and O–H groups in total. The Balaban J connectivity index is 1.86. The van der Waals surface area contributed by atoms with Crippen LogP contribution in [0.1, 0.15) is 43.4 Å². The molecule has 2 aromatic rings. The Morgan fingerprint density at radius 3 is 3.00 bits per heavy atom. The number of H-pyrrole nitrogens is 1.